The molecule has 1 saturated heterocycles. The number of Topliss-reactive ketones (excluding diaryl/α,β-unsaturated/α-hetero) is 1. The first-order valence-electron chi connectivity index (χ1n) is 9.83. The molecule has 0 spiro atoms. The summed E-state index contributed by atoms with van der Waals surface area (Å²) in [5.41, 5.74) is 4.15. The van der Waals surface area contributed by atoms with Crippen LogP contribution in [0.15, 0.2) is 47.5 Å². The van der Waals surface area contributed by atoms with E-state index < -0.39 is 5.25 Å². The molecule has 0 saturated carbocycles. The van der Waals surface area contributed by atoms with Gasteiger partial charge < -0.3 is 5.32 Å². The maximum atomic E-state index is 12.8. The number of carbonyl (C=O) groups excluding carboxylic acids is 3. The summed E-state index contributed by atoms with van der Waals surface area (Å²) < 4.78 is 0. The van der Waals surface area contributed by atoms with E-state index in [2.05, 4.69) is 10.3 Å². The van der Waals surface area contributed by atoms with Crippen LogP contribution in [-0.4, -0.2) is 39.5 Å². The molecule has 6 nitrogen and oxygen atoms in total. The number of amidine groups is 1. The van der Waals surface area contributed by atoms with Crippen LogP contribution < -0.4 is 5.32 Å². The number of thioether (sulfide) groups is 1. The Morgan fingerprint density at radius 2 is 1.83 bits per heavy atom. The van der Waals surface area contributed by atoms with Crippen LogP contribution in [0.5, 0.6) is 0 Å². The van der Waals surface area contributed by atoms with Gasteiger partial charge >= 0.3 is 0 Å². The molecule has 0 bridgehead atoms. The van der Waals surface area contributed by atoms with Crippen molar-refractivity contribution in [3.63, 3.8) is 0 Å². The van der Waals surface area contributed by atoms with Crippen LogP contribution >= 0.6 is 11.8 Å². The molecule has 0 radical (unpaired) electrons. The number of ketones is 1. The van der Waals surface area contributed by atoms with Crippen LogP contribution in [0.1, 0.15) is 41.8 Å². The smallest absolute Gasteiger partial charge is 0.242 e. The van der Waals surface area contributed by atoms with Crippen molar-refractivity contribution in [2.24, 2.45) is 4.99 Å². The molecule has 0 aromatic heterocycles. The zero-order valence-corrected chi connectivity index (χ0v) is 18.4. The number of aliphatic imine (C=N–C) groups is 1. The van der Waals surface area contributed by atoms with Crippen molar-refractivity contribution in [2.75, 3.05) is 11.9 Å². The van der Waals surface area contributed by atoms with E-state index in [0.29, 0.717) is 23.0 Å². The lowest BCUT2D eigenvalue weighted by Crippen LogP contribution is -2.33. The van der Waals surface area contributed by atoms with Crippen molar-refractivity contribution in [1.29, 1.82) is 0 Å². The molecule has 1 aliphatic heterocycles. The predicted molar refractivity (Wildman–Crippen MR) is 121 cm³/mol. The fourth-order valence-electron chi connectivity index (χ4n) is 3.22. The van der Waals surface area contributed by atoms with Gasteiger partial charge in [0.25, 0.3) is 0 Å². The van der Waals surface area contributed by atoms with Crippen molar-refractivity contribution in [3.8, 4) is 0 Å². The SMILES string of the molecule is CCN1C(=O)[C@H](CC(=O)Nc2ccc(C)cc2C)SC1=Nc1ccc(C(C)=O)cc1. The van der Waals surface area contributed by atoms with E-state index in [1.165, 1.54) is 18.7 Å². The number of carbonyl (C=O) groups is 3. The van der Waals surface area contributed by atoms with E-state index in [-0.39, 0.29) is 24.0 Å². The molecule has 2 aromatic carbocycles. The molecule has 0 aliphatic carbocycles. The van der Waals surface area contributed by atoms with Gasteiger partial charge in [0.15, 0.2) is 11.0 Å². The van der Waals surface area contributed by atoms with E-state index in [1.54, 1.807) is 29.2 Å². The third-order valence-electron chi connectivity index (χ3n) is 4.86. The van der Waals surface area contributed by atoms with Crippen molar-refractivity contribution in [2.45, 2.75) is 39.4 Å². The highest BCUT2D eigenvalue weighted by Crippen LogP contribution is 2.32. The quantitative estimate of drug-likeness (QED) is 0.695. The maximum Gasteiger partial charge on any atom is 0.242 e. The molecule has 2 amide bonds. The van der Waals surface area contributed by atoms with Gasteiger partial charge in [0.1, 0.15) is 5.25 Å². The first kappa shape index (κ1) is 21.8. The Balaban J connectivity index is 1.71. The van der Waals surface area contributed by atoms with Crippen LogP contribution in [-0.2, 0) is 9.59 Å². The second-order valence-electron chi connectivity index (χ2n) is 7.26. The third kappa shape index (κ3) is 4.97. The molecule has 30 heavy (non-hydrogen) atoms. The topological polar surface area (TPSA) is 78.8 Å². The second kappa shape index (κ2) is 9.26. The molecule has 1 aliphatic rings. The minimum atomic E-state index is -0.508. The second-order valence-corrected chi connectivity index (χ2v) is 8.43. The Kier molecular flexibility index (Phi) is 6.72. The highest BCUT2D eigenvalue weighted by Gasteiger charge is 2.38. The van der Waals surface area contributed by atoms with Crippen LogP contribution in [0.25, 0.3) is 0 Å². The largest absolute Gasteiger partial charge is 0.326 e. The first-order chi connectivity index (χ1) is 14.3. The van der Waals surface area contributed by atoms with Crippen molar-refractivity contribution < 1.29 is 14.4 Å². The number of amides is 2. The lowest BCUT2D eigenvalue weighted by molar-refractivity contribution is -0.128. The molecule has 156 valence electrons. The fourth-order valence-corrected chi connectivity index (χ4v) is 4.44. The van der Waals surface area contributed by atoms with Crippen molar-refractivity contribution in [3.05, 3.63) is 59.2 Å². The van der Waals surface area contributed by atoms with Crippen LogP contribution in [0.3, 0.4) is 0 Å². The zero-order chi connectivity index (χ0) is 21.8. The van der Waals surface area contributed by atoms with E-state index in [0.717, 1.165) is 16.8 Å². The summed E-state index contributed by atoms with van der Waals surface area (Å²) in [5.74, 6) is -0.321. The number of anilines is 1. The Hall–Kier alpha value is -2.93. The minimum Gasteiger partial charge on any atom is -0.326 e. The average Bonchev–Trinajstić information content (AvgIpc) is 2.98. The molecule has 1 fully saturated rings. The van der Waals surface area contributed by atoms with Gasteiger partial charge in [0.2, 0.25) is 11.8 Å². The van der Waals surface area contributed by atoms with E-state index in [1.807, 2.05) is 39.0 Å². The summed E-state index contributed by atoms with van der Waals surface area (Å²) in [6, 6.07) is 12.8. The summed E-state index contributed by atoms with van der Waals surface area (Å²) in [6.07, 6.45) is 0.0790. The van der Waals surface area contributed by atoms with Gasteiger partial charge in [-0.1, -0.05) is 29.5 Å². The van der Waals surface area contributed by atoms with Crippen molar-refractivity contribution in [1.82, 2.24) is 4.90 Å². The Bertz CT molecular complexity index is 1010. The van der Waals surface area contributed by atoms with Crippen LogP contribution in [0, 0.1) is 13.8 Å². The first-order valence-corrected chi connectivity index (χ1v) is 10.7. The number of benzene rings is 2. The summed E-state index contributed by atoms with van der Waals surface area (Å²) >= 11 is 1.30. The van der Waals surface area contributed by atoms with Gasteiger partial charge in [-0.3, -0.25) is 19.3 Å². The van der Waals surface area contributed by atoms with Gasteiger partial charge in [-0.2, -0.15) is 0 Å². The molecule has 0 unspecified atom stereocenters. The van der Waals surface area contributed by atoms with Crippen molar-refractivity contribution >= 4 is 45.9 Å². The van der Waals surface area contributed by atoms with Gasteiger partial charge in [-0.25, -0.2) is 4.99 Å². The molecule has 3 rings (SSSR count). The normalized spacial score (nSPS) is 17.5. The molecule has 1 heterocycles. The highest BCUT2D eigenvalue weighted by atomic mass is 32.2. The van der Waals surface area contributed by atoms with E-state index in [9.17, 15) is 14.4 Å². The minimum absolute atomic E-state index is 0.00954. The number of nitrogens with zero attached hydrogens (tertiary/aromatic N) is 2. The van der Waals surface area contributed by atoms with Gasteiger partial charge in [-0.15, -0.1) is 0 Å². The zero-order valence-electron chi connectivity index (χ0n) is 17.6. The van der Waals surface area contributed by atoms with E-state index in [4.69, 9.17) is 0 Å². The molecule has 1 atom stereocenters. The molecular formula is C23H25N3O3S. The summed E-state index contributed by atoms with van der Waals surface area (Å²) in [4.78, 5) is 42.9. The number of rotatable bonds is 6. The van der Waals surface area contributed by atoms with E-state index >= 15 is 0 Å². The molecule has 1 N–H and O–H groups in total. The number of hydrogen-bond donors (Lipinski definition) is 1. The monoisotopic (exact) mass is 423 g/mol. The summed E-state index contributed by atoms with van der Waals surface area (Å²) in [7, 11) is 0. The maximum absolute atomic E-state index is 12.8. The van der Waals surface area contributed by atoms with Crippen LogP contribution in [0.4, 0.5) is 11.4 Å². The predicted octanol–water partition coefficient (Wildman–Crippen LogP) is 4.49. The van der Waals surface area contributed by atoms with Gasteiger partial charge in [0.05, 0.1) is 5.69 Å². The average molecular weight is 424 g/mol. The number of aryl methyl sites for hydroxylation is 2. The van der Waals surface area contributed by atoms with Gasteiger partial charge in [0, 0.05) is 24.2 Å². The highest BCUT2D eigenvalue weighted by molar-refractivity contribution is 8.15. The van der Waals surface area contributed by atoms with Gasteiger partial charge in [-0.05, 0) is 63.6 Å². The summed E-state index contributed by atoms with van der Waals surface area (Å²) in [5, 5.41) is 2.97. The Morgan fingerprint density at radius 3 is 2.43 bits per heavy atom. The third-order valence-corrected chi connectivity index (χ3v) is 6.04. The summed E-state index contributed by atoms with van der Waals surface area (Å²) in [6.45, 7) is 7.81. The molecule has 7 heteroatoms. The Labute approximate surface area is 180 Å². The molecule has 2 aromatic rings. The lowest BCUT2D eigenvalue weighted by Gasteiger charge is -2.13. The number of hydrogen-bond acceptors (Lipinski definition) is 5. The number of nitrogens with one attached hydrogen (secondary N) is 1. The molecular weight excluding hydrogens is 398 g/mol. The fraction of sp³-hybridized carbons (Fsp3) is 0.304. The van der Waals surface area contributed by atoms with Crippen LogP contribution in [0.2, 0.25) is 0 Å². The standard InChI is InChI=1S/C23H25N3O3S/c1-5-26-22(29)20(13-21(28)25-19-11-6-14(2)12-15(19)3)30-23(26)24-18-9-7-17(8-10-18)16(4)27/h6-12,20H,5,13H2,1-4H3,(H,25,28)/t20-/m0/s1. The Morgan fingerprint density at radius 1 is 1.13 bits per heavy atom. The lowest BCUT2D eigenvalue weighted by atomic mass is 10.1.